The lowest BCUT2D eigenvalue weighted by atomic mass is 10.2. The van der Waals surface area contributed by atoms with Gasteiger partial charge in [0.25, 0.3) is 0 Å². The largest absolute Gasteiger partial charge is 0.506 e. The van der Waals surface area contributed by atoms with Gasteiger partial charge in [-0.1, -0.05) is 15.9 Å². The van der Waals surface area contributed by atoms with Crippen LogP contribution in [0.5, 0.6) is 5.75 Å². The summed E-state index contributed by atoms with van der Waals surface area (Å²) in [6.45, 7) is 0. The van der Waals surface area contributed by atoms with E-state index in [0.717, 1.165) is 12.1 Å². The van der Waals surface area contributed by atoms with E-state index < -0.39 is 11.7 Å². The molecule has 0 radical (unpaired) electrons. The summed E-state index contributed by atoms with van der Waals surface area (Å²) in [5, 5.41) is 10.1. The molecule has 0 saturated heterocycles. The molecule has 0 spiro atoms. The van der Waals surface area contributed by atoms with E-state index >= 15 is 0 Å². The molecule has 0 saturated carbocycles. The number of alkyl halides is 3. The van der Waals surface area contributed by atoms with E-state index in [0.29, 0.717) is 20.0 Å². The second-order valence-electron chi connectivity index (χ2n) is 4.60. The normalized spacial score (nSPS) is 12.0. The van der Waals surface area contributed by atoms with Gasteiger partial charge in [0.2, 0.25) is 0 Å². The summed E-state index contributed by atoms with van der Waals surface area (Å²) >= 11 is 6.50. The molecule has 0 fully saturated rings. The van der Waals surface area contributed by atoms with E-state index in [2.05, 4.69) is 41.8 Å². The van der Waals surface area contributed by atoms with Gasteiger partial charge in [-0.15, -0.1) is 0 Å². The summed E-state index contributed by atoms with van der Waals surface area (Å²) in [7, 11) is 0. The van der Waals surface area contributed by atoms with Gasteiger partial charge in [0, 0.05) is 4.47 Å². The van der Waals surface area contributed by atoms with Crippen LogP contribution in [-0.2, 0) is 6.18 Å². The van der Waals surface area contributed by atoms with Crippen molar-refractivity contribution in [1.29, 1.82) is 0 Å². The van der Waals surface area contributed by atoms with E-state index in [1.165, 1.54) is 6.07 Å². The summed E-state index contributed by atoms with van der Waals surface area (Å²) < 4.78 is 39.3. The van der Waals surface area contributed by atoms with Gasteiger partial charge in [-0.2, -0.15) is 13.2 Å². The maximum absolute atomic E-state index is 12.7. The van der Waals surface area contributed by atoms with E-state index in [9.17, 15) is 18.3 Å². The van der Waals surface area contributed by atoms with Gasteiger partial charge in [-0.3, -0.25) is 0 Å². The molecular formula is C14H7Br2F3N2O. The van der Waals surface area contributed by atoms with Crippen LogP contribution < -0.4 is 0 Å². The fraction of sp³-hybridized carbons (Fsp3) is 0.0714. The number of benzene rings is 2. The fourth-order valence-corrected chi connectivity index (χ4v) is 3.29. The molecule has 2 N–H and O–H groups in total. The van der Waals surface area contributed by atoms with Gasteiger partial charge in [0.15, 0.2) is 0 Å². The molecule has 8 heteroatoms. The number of hydrogen-bond acceptors (Lipinski definition) is 2. The van der Waals surface area contributed by atoms with Crippen molar-refractivity contribution in [1.82, 2.24) is 9.97 Å². The number of aromatic amines is 1. The van der Waals surface area contributed by atoms with Gasteiger partial charge in [-0.25, -0.2) is 4.98 Å². The van der Waals surface area contributed by atoms with Crippen molar-refractivity contribution in [3.8, 4) is 17.1 Å². The Balaban J connectivity index is 2.17. The maximum atomic E-state index is 12.7. The number of hydrogen-bond donors (Lipinski definition) is 2. The Morgan fingerprint density at radius 2 is 1.82 bits per heavy atom. The number of aromatic nitrogens is 2. The van der Waals surface area contributed by atoms with Crippen LogP contribution in [0.25, 0.3) is 22.4 Å². The number of fused-ring (bicyclic) bond motifs is 1. The zero-order chi connectivity index (χ0) is 16.1. The Morgan fingerprint density at radius 3 is 2.50 bits per heavy atom. The predicted octanol–water partition coefficient (Wildman–Crippen LogP) is 5.48. The van der Waals surface area contributed by atoms with Crippen molar-refractivity contribution in [3.05, 3.63) is 44.8 Å². The minimum absolute atomic E-state index is 0.0432. The summed E-state index contributed by atoms with van der Waals surface area (Å²) in [4.78, 5) is 7.03. The Kier molecular flexibility index (Phi) is 3.68. The van der Waals surface area contributed by atoms with E-state index in [1.807, 2.05) is 0 Å². The smallest absolute Gasteiger partial charge is 0.416 e. The number of imidazole rings is 1. The van der Waals surface area contributed by atoms with Crippen molar-refractivity contribution < 1.29 is 18.3 Å². The SMILES string of the molecule is Oc1c(Br)cc(Br)cc1-c1nc2ccc(C(F)(F)F)cc2[nH]1. The quantitative estimate of drug-likeness (QED) is 0.531. The molecule has 22 heavy (non-hydrogen) atoms. The van der Waals surface area contributed by atoms with E-state index in [-0.39, 0.29) is 17.1 Å². The molecule has 0 unspecified atom stereocenters. The highest BCUT2D eigenvalue weighted by Gasteiger charge is 2.30. The molecule has 0 aliphatic heterocycles. The third kappa shape index (κ3) is 2.72. The van der Waals surface area contributed by atoms with Crippen LogP contribution >= 0.6 is 31.9 Å². The van der Waals surface area contributed by atoms with Gasteiger partial charge < -0.3 is 10.1 Å². The van der Waals surface area contributed by atoms with Gasteiger partial charge in [0.1, 0.15) is 11.6 Å². The summed E-state index contributed by atoms with van der Waals surface area (Å²) in [5.74, 6) is 0.243. The molecule has 3 rings (SSSR count). The van der Waals surface area contributed by atoms with Gasteiger partial charge in [0.05, 0.1) is 26.6 Å². The van der Waals surface area contributed by atoms with Crippen molar-refractivity contribution in [2.75, 3.05) is 0 Å². The van der Waals surface area contributed by atoms with Crippen LogP contribution in [0.15, 0.2) is 39.3 Å². The van der Waals surface area contributed by atoms with Crippen LogP contribution in [0.1, 0.15) is 5.56 Å². The maximum Gasteiger partial charge on any atom is 0.416 e. The number of H-pyrrole nitrogens is 1. The van der Waals surface area contributed by atoms with Crippen molar-refractivity contribution >= 4 is 42.9 Å². The van der Waals surface area contributed by atoms with Crippen LogP contribution in [0.2, 0.25) is 0 Å². The molecule has 1 heterocycles. The van der Waals surface area contributed by atoms with E-state index in [1.54, 1.807) is 12.1 Å². The van der Waals surface area contributed by atoms with Crippen molar-refractivity contribution in [2.45, 2.75) is 6.18 Å². The molecule has 0 aliphatic rings. The lowest BCUT2D eigenvalue weighted by Gasteiger charge is -2.05. The molecule has 0 atom stereocenters. The lowest BCUT2D eigenvalue weighted by Crippen LogP contribution is -2.04. The minimum Gasteiger partial charge on any atom is -0.506 e. The second kappa shape index (κ2) is 5.27. The Hall–Kier alpha value is -1.54. The first-order valence-corrected chi connectivity index (χ1v) is 7.59. The monoisotopic (exact) mass is 434 g/mol. The Bertz CT molecular complexity index is 874. The molecule has 3 aromatic rings. The molecule has 0 bridgehead atoms. The van der Waals surface area contributed by atoms with Crippen molar-refractivity contribution in [3.63, 3.8) is 0 Å². The summed E-state index contributed by atoms with van der Waals surface area (Å²) in [6.07, 6.45) is -4.42. The first kappa shape index (κ1) is 15.4. The van der Waals surface area contributed by atoms with Crippen LogP contribution in [-0.4, -0.2) is 15.1 Å². The van der Waals surface area contributed by atoms with Crippen LogP contribution in [0, 0.1) is 0 Å². The highest BCUT2D eigenvalue weighted by atomic mass is 79.9. The van der Waals surface area contributed by atoms with Gasteiger partial charge in [-0.05, 0) is 46.3 Å². The molecule has 1 aromatic heterocycles. The van der Waals surface area contributed by atoms with Crippen LogP contribution in [0.4, 0.5) is 13.2 Å². The average molecular weight is 436 g/mol. The average Bonchev–Trinajstić information content (AvgIpc) is 2.84. The first-order chi connectivity index (χ1) is 10.3. The molecule has 2 aromatic carbocycles. The fourth-order valence-electron chi connectivity index (χ4n) is 2.06. The summed E-state index contributed by atoms with van der Waals surface area (Å²) in [5.41, 5.74) is 0.264. The Morgan fingerprint density at radius 1 is 1.09 bits per heavy atom. The predicted molar refractivity (Wildman–Crippen MR) is 83.6 cm³/mol. The number of nitrogens with one attached hydrogen (secondary N) is 1. The van der Waals surface area contributed by atoms with Gasteiger partial charge >= 0.3 is 6.18 Å². The standard InChI is InChI=1S/C14H7Br2F3N2O/c15-7-4-8(12(22)9(16)5-7)13-20-10-2-1-6(14(17,18)19)3-11(10)21-13/h1-5,22H,(H,20,21). The number of phenols is 1. The number of aromatic hydroxyl groups is 1. The number of phenolic OH excluding ortho intramolecular Hbond substituents is 1. The highest BCUT2D eigenvalue weighted by Crippen LogP contribution is 2.38. The van der Waals surface area contributed by atoms with E-state index in [4.69, 9.17) is 0 Å². The highest BCUT2D eigenvalue weighted by molar-refractivity contribution is 9.11. The third-order valence-electron chi connectivity index (χ3n) is 3.09. The van der Waals surface area contributed by atoms with Crippen molar-refractivity contribution in [2.24, 2.45) is 0 Å². The third-order valence-corrected chi connectivity index (χ3v) is 4.15. The van der Waals surface area contributed by atoms with Crippen LogP contribution in [0.3, 0.4) is 0 Å². The number of nitrogens with zero attached hydrogens (tertiary/aromatic N) is 1. The molecule has 3 nitrogen and oxygen atoms in total. The molecule has 0 aliphatic carbocycles. The second-order valence-corrected chi connectivity index (χ2v) is 6.37. The Labute approximate surface area is 139 Å². The summed E-state index contributed by atoms with van der Waals surface area (Å²) in [6, 6.07) is 6.55. The minimum atomic E-state index is -4.42. The molecule has 0 amide bonds. The number of rotatable bonds is 1. The molecule has 114 valence electrons. The number of halogens is 5. The zero-order valence-corrected chi connectivity index (χ0v) is 13.8. The first-order valence-electron chi connectivity index (χ1n) is 6.01. The topological polar surface area (TPSA) is 48.9 Å². The lowest BCUT2D eigenvalue weighted by molar-refractivity contribution is -0.137. The zero-order valence-electron chi connectivity index (χ0n) is 10.7. The molecular weight excluding hydrogens is 429 g/mol.